The summed E-state index contributed by atoms with van der Waals surface area (Å²) in [6.45, 7) is 8.36. The number of ketones is 1. The number of hydrogen-bond acceptors (Lipinski definition) is 6. The van der Waals surface area contributed by atoms with E-state index in [4.69, 9.17) is 4.74 Å². The Hall–Kier alpha value is -2.02. The second-order valence-electron chi connectivity index (χ2n) is 6.14. The van der Waals surface area contributed by atoms with Gasteiger partial charge >= 0.3 is 5.97 Å². The van der Waals surface area contributed by atoms with Crippen LogP contribution in [0.5, 0.6) is 0 Å². The van der Waals surface area contributed by atoms with Crippen molar-refractivity contribution in [2.45, 2.75) is 34.6 Å². The first kappa shape index (κ1) is 16.4. The fourth-order valence-electron chi connectivity index (χ4n) is 1.86. The average Bonchev–Trinajstić information content (AvgIpc) is 2.71. The van der Waals surface area contributed by atoms with Gasteiger partial charge in [-0.1, -0.05) is 20.8 Å². The van der Waals surface area contributed by atoms with E-state index in [1.807, 2.05) is 0 Å². The summed E-state index contributed by atoms with van der Waals surface area (Å²) < 4.78 is 5.08. The number of fused-ring (bicyclic) bond motifs is 1. The molecule has 2 aromatic rings. The van der Waals surface area contributed by atoms with Crippen molar-refractivity contribution < 1.29 is 14.3 Å². The van der Waals surface area contributed by atoms with Gasteiger partial charge < -0.3 is 9.72 Å². The number of esters is 1. The monoisotopic (exact) mass is 322 g/mol. The predicted molar refractivity (Wildman–Crippen MR) is 84.5 cm³/mol. The van der Waals surface area contributed by atoms with Gasteiger partial charge in [0.1, 0.15) is 15.5 Å². The summed E-state index contributed by atoms with van der Waals surface area (Å²) >= 11 is 1.10. The minimum atomic E-state index is -0.602. The summed E-state index contributed by atoms with van der Waals surface area (Å²) in [6.07, 6.45) is 0. The number of hydrogen-bond donors (Lipinski definition) is 1. The van der Waals surface area contributed by atoms with Gasteiger partial charge in [0.25, 0.3) is 5.56 Å². The number of carbonyl (C=O) groups excluding carboxylic acids is 2. The predicted octanol–water partition coefficient (Wildman–Crippen LogP) is 2.37. The number of aromatic amines is 1. The van der Waals surface area contributed by atoms with Crippen molar-refractivity contribution in [1.82, 2.24) is 9.97 Å². The molecule has 0 aromatic carbocycles. The highest BCUT2D eigenvalue weighted by atomic mass is 32.1. The van der Waals surface area contributed by atoms with E-state index in [2.05, 4.69) is 9.97 Å². The van der Waals surface area contributed by atoms with Crippen LogP contribution in [0.4, 0.5) is 0 Å². The summed E-state index contributed by atoms with van der Waals surface area (Å²) in [6, 6.07) is 0. The highest BCUT2D eigenvalue weighted by Crippen LogP contribution is 2.27. The molecule has 2 aromatic heterocycles. The summed E-state index contributed by atoms with van der Waals surface area (Å²) in [5, 5.41) is 0.393. The first-order chi connectivity index (χ1) is 10.1. The second-order valence-corrected chi connectivity index (χ2v) is 7.14. The lowest BCUT2D eigenvalue weighted by Gasteiger charge is -2.15. The molecule has 6 nitrogen and oxygen atoms in total. The van der Waals surface area contributed by atoms with E-state index in [9.17, 15) is 14.4 Å². The molecule has 0 bridgehead atoms. The smallest absolute Gasteiger partial charge is 0.349 e. The molecule has 0 spiro atoms. The van der Waals surface area contributed by atoms with E-state index in [0.717, 1.165) is 11.3 Å². The molecule has 22 heavy (non-hydrogen) atoms. The molecule has 0 atom stereocenters. The second kappa shape index (κ2) is 5.64. The third-order valence-electron chi connectivity index (χ3n) is 3.28. The van der Waals surface area contributed by atoms with E-state index in [0.29, 0.717) is 26.5 Å². The molecule has 2 heterocycles. The highest BCUT2D eigenvalue weighted by molar-refractivity contribution is 7.20. The third-order valence-corrected chi connectivity index (χ3v) is 4.44. The van der Waals surface area contributed by atoms with E-state index < -0.39 is 11.4 Å². The fraction of sp³-hybridized carbons (Fsp3) is 0.467. The third kappa shape index (κ3) is 3.09. The Kier molecular flexibility index (Phi) is 4.19. The zero-order chi connectivity index (χ0) is 16.7. The lowest BCUT2D eigenvalue weighted by molar-refractivity contribution is -0.129. The van der Waals surface area contributed by atoms with Crippen LogP contribution >= 0.6 is 11.3 Å². The molecular formula is C15H18N2O4S. The Morgan fingerprint density at radius 2 is 1.91 bits per heavy atom. The van der Waals surface area contributed by atoms with Crippen LogP contribution in [0.15, 0.2) is 4.79 Å². The molecule has 0 aliphatic rings. The van der Waals surface area contributed by atoms with E-state index >= 15 is 0 Å². The molecule has 1 N–H and O–H groups in total. The molecule has 2 rings (SSSR count). The lowest BCUT2D eigenvalue weighted by Crippen LogP contribution is -2.26. The zero-order valence-corrected chi connectivity index (χ0v) is 14.0. The Balaban J connectivity index is 2.30. The first-order valence-electron chi connectivity index (χ1n) is 6.81. The van der Waals surface area contributed by atoms with Crippen LogP contribution in [0.3, 0.4) is 0 Å². The molecule has 0 aliphatic heterocycles. The fourth-order valence-corrected chi connectivity index (χ4v) is 2.98. The minimum absolute atomic E-state index is 0.161. The maximum absolute atomic E-state index is 12.2. The Labute approximate surface area is 131 Å². The zero-order valence-electron chi connectivity index (χ0n) is 13.2. The number of H-pyrrole nitrogens is 1. The van der Waals surface area contributed by atoms with Gasteiger partial charge in [0, 0.05) is 5.41 Å². The maximum atomic E-state index is 12.2. The van der Waals surface area contributed by atoms with Gasteiger partial charge in [-0.25, -0.2) is 9.78 Å². The first-order valence-corrected chi connectivity index (χ1v) is 7.63. The minimum Gasteiger partial charge on any atom is -0.453 e. The van der Waals surface area contributed by atoms with Crippen molar-refractivity contribution >= 4 is 33.3 Å². The SMILES string of the molecule is Cc1nc2sc(C(=O)OCC(=O)C(C)(C)C)c(C)c2c(=O)[nH]1. The standard InChI is InChI=1S/C15H18N2O4S/c1-7-10-12(19)16-8(2)17-13(10)22-11(7)14(20)21-6-9(18)15(3,4)5/h6H2,1-5H3,(H,16,17,19). The molecule has 0 amide bonds. The number of Topliss-reactive ketones (excluding diaryl/α,β-unsaturated/α-hetero) is 1. The van der Waals surface area contributed by atoms with E-state index in [1.54, 1.807) is 34.6 Å². The molecule has 7 heteroatoms. The van der Waals surface area contributed by atoms with Gasteiger partial charge in [-0.05, 0) is 19.4 Å². The number of nitrogens with zero attached hydrogens (tertiary/aromatic N) is 1. The van der Waals surface area contributed by atoms with Gasteiger partial charge in [0.15, 0.2) is 12.4 Å². The van der Waals surface area contributed by atoms with Crippen molar-refractivity contribution in [3.05, 3.63) is 26.6 Å². The van der Waals surface area contributed by atoms with Gasteiger partial charge in [0.2, 0.25) is 0 Å². The largest absolute Gasteiger partial charge is 0.453 e. The van der Waals surface area contributed by atoms with Gasteiger partial charge in [-0.3, -0.25) is 9.59 Å². The summed E-state index contributed by atoms with van der Waals surface area (Å²) in [7, 11) is 0. The Morgan fingerprint density at radius 1 is 1.27 bits per heavy atom. The van der Waals surface area contributed by atoms with E-state index in [-0.39, 0.29) is 17.9 Å². The molecule has 118 valence electrons. The number of ether oxygens (including phenoxy) is 1. The van der Waals surface area contributed by atoms with Crippen LogP contribution < -0.4 is 5.56 Å². The topological polar surface area (TPSA) is 89.1 Å². The van der Waals surface area contributed by atoms with Crippen molar-refractivity contribution in [3.8, 4) is 0 Å². The van der Waals surface area contributed by atoms with E-state index in [1.165, 1.54) is 0 Å². The Morgan fingerprint density at radius 3 is 2.50 bits per heavy atom. The average molecular weight is 322 g/mol. The number of aromatic nitrogens is 2. The molecule has 0 unspecified atom stereocenters. The Bertz CT molecular complexity index is 811. The molecular weight excluding hydrogens is 304 g/mol. The van der Waals surface area contributed by atoms with Crippen molar-refractivity contribution in [1.29, 1.82) is 0 Å². The van der Waals surface area contributed by atoms with Crippen LogP contribution in [0.1, 0.15) is 41.8 Å². The van der Waals surface area contributed by atoms with Crippen molar-refractivity contribution in [2.75, 3.05) is 6.61 Å². The summed E-state index contributed by atoms with van der Waals surface area (Å²) in [5.41, 5.74) is -0.311. The lowest BCUT2D eigenvalue weighted by atomic mass is 9.91. The van der Waals surface area contributed by atoms with Crippen molar-refractivity contribution in [3.63, 3.8) is 0 Å². The van der Waals surface area contributed by atoms with Crippen LogP contribution in [0.2, 0.25) is 0 Å². The molecule has 0 aliphatic carbocycles. The number of thiophene rings is 1. The number of rotatable bonds is 3. The number of carbonyl (C=O) groups is 2. The summed E-state index contributed by atoms with van der Waals surface area (Å²) in [4.78, 5) is 43.6. The normalized spacial score (nSPS) is 11.7. The van der Waals surface area contributed by atoms with Gasteiger partial charge in [-0.2, -0.15) is 0 Å². The molecule has 0 saturated heterocycles. The quantitative estimate of drug-likeness (QED) is 0.876. The van der Waals surface area contributed by atoms with Crippen LogP contribution in [0, 0.1) is 19.3 Å². The highest BCUT2D eigenvalue weighted by Gasteiger charge is 2.25. The van der Waals surface area contributed by atoms with Crippen LogP contribution in [-0.2, 0) is 9.53 Å². The molecule has 0 saturated carbocycles. The van der Waals surface area contributed by atoms with Crippen molar-refractivity contribution in [2.24, 2.45) is 5.41 Å². The number of aryl methyl sites for hydroxylation is 2. The molecule has 0 radical (unpaired) electrons. The maximum Gasteiger partial charge on any atom is 0.349 e. The van der Waals surface area contributed by atoms with Crippen LogP contribution in [-0.4, -0.2) is 28.3 Å². The van der Waals surface area contributed by atoms with Crippen LogP contribution in [0.25, 0.3) is 10.2 Å². The summed E-state index contributed by atoms with van der Waals surface area (Å²) in [5.74, 6) is -0.275. The molecule has 0 fully saturated rings. The van der Waals surface area contributed by atoms with Gasteiger partial charge in [0.05, 0.1) is 5.39 Å². The number of nitrogens with one attached hydrogen (secondary N) is 1. The van der Waals surface area contributed by atoms with Gasteiger partial charge in [-0.15, -0.1) is 11.3 Å².